The summed E-state index contributed by atoms with van der Waals surface area (Å²) in [5.74, 6) is -1.54. The fourth-order valence-corrected chi connectivity index (χ4v) is 3.01. The number of hydrazone groups is 1. The van der Waals surface area contributed by atoms with Crippen LogP contribution in [-0.2, 0) is 14.4 Å². The zero-order valence-electron chi connectivity index (χ0n) is 18.6. The van der Waals surface area contributed by atoms with Crippen LogP contribution in [0.25, 0.3) is 0 Å². The lowest BCUT2D eigenvalue weighted by Crippen LogP contribution is -2.32. The van der Waals surface area contributed by atoms with Gasteiger partial charge in [0.2, 0.25) is 0 Å². The Bertz CT molecular complexity index is 1230. The lowest BCUT2D eigenvalue weighted by atomic mass is 10.2. The average Bonchev–Trinajstić information content (AvgIpc) is 2.83. The van der Waals surface area contributed by atoms with E-state index < -0.39 is 11.8 Å². The Morgan fingerprint density at radius 2 is 1.59 bits per heavy atom. The fraction of sp³-hybridized carbons (Fsp3) is 0.120. The second-order valence-electron chi connectivity index (χ2n) is 7.29. The van der Waals surface area contributed by atoms with Gasteiger partial charge in [0.1, 0.15) is 5.75 Å². The highest BCUT2D eigenvalue weighted by atomic mass is 35.5. The molecule has 0 bridgehead atoms. The summed E-state index contributed by atoms with van der Waals surface area (Å²) < 4.78 is 5.49. The summed E-state index contributed by atoms with van der Waals surface area (Å²) in [5.41, 5.74) is 5.64. The van der Waals surface area contributed by atoms with E-state index in [-0.39, 0.29) is 12.5 Å². The first-order valence-corrected chi connectivity index (χ1v) is 10.7. The van der Waals surface area contributed by atoms with Crippen molar-refractivity contribution in [2.24, 2.45) is 5.10 Å². The van der Waals surface area contributed by atoms with Gasteiger partial charge >= 0.3 is 11.8 Å². The van der Waals surface area contributed by atoms with Crippen molar-refractivity contribution in [1.29, 1.82) is 0 Å². The van der Waals surface area contributed by atoms with Crippen molar-refractivity contribution < 1.29 is 19.1 Å². The molecule has 174 valence electrons. The van der Waals surface area contributed by atoms with Gasteiger partial charge in [-0.2, -0.15) is 5.10 Å². The Morgan fingerprint density at radius 3 is 2.32 bits per heavy atom. The van der Waals surface area contributed by atoms with Crippen LogP contribution in [0.1, 0.15) is 16.7 Å². The number of anilines is 2. The van der Waals surface area contributed by atoms with E-state index in [1.54, 1.807) is 54.6 Å². The number of benzene rings is 3. The minimum Gasteiger partial charge on any atom is -0.484 e. The molecule has 0 saturated heterocycles. The Morgan fingerprint density at radius 1 is 0.882 bits per heavy atom. The zero-order valence-corrected chi connectivity index (χ0v) is 19.3. The maximum atomic E-state index is 12.1. The molecule has 3 amide bonds. The number of hydrogen-bond donors (Lipinski definition) is 3. The van der Waals surface area contributed by atoms with Crippen LogP contribution in [0.15, 0.2) is 71.8 Å². The van der Waals surface area contributed by atoms with E-state index in [9.17, 15) is 14.4 Å². The zero-order chi connectivity index (χ0) is 24.5. The summed E-state index contributed by atoms with van der Waals surface area (Å²) in [6.45, 7) is 3.47. The molecule has 0 atom stereocenters. The summed E-state index contributed by atoms with van der Waals surface area (Å²) in [6.07, 6.45) is 1.39. The molecule has 0 aromatic heterocycles. The average molecular weight is 479 g/mol. The third-order valence-corrected chi connectivity index (χ3v) is 5.18. The monoisotopic (exact) mass is 478 g/mol. The normalized spacial score (nSPS) is 10.6. The number of nitrogens with zero attached hydrogens (tertiary/aromatic N) is 1. The predicted octanol–water partition coefficient (Wildman–Crippen LogP) is 4.06. The van der Waals surface area contributed by atoms with Crippen molar-refractivity contribution in [1.82, 2.24) is 5.43 Å². The molecule has 3 aromatic carbocycles. The van der Waals surface area contributed by atoms with Crippen LogP contribution >= 0.6 is 11.6 Å². The van der Waals surface area contributed by atoms with E-state index in [4.69, 9.17) is 16.3 Å². The number of carbonyl (C=O) groups excluding carboxylic acids is 3. The van der Waals surface area contributed by atoms with Crippen LogP contribution in [0.2, 0.25) is 5.02 Å². The third kappa shape index (κ3) is 6.91. The van der Waals surface area contributed by atoms with Gasteiger partial charge in [0.05, 0.1) is 6.21 Å². The minimum absolute atomic E-state index is 0.175. The highest BCUT2D eigenvalue weighted by molar-refractivity contribution is 6.39. The number of hydrogen-bond acceptors (Lipinski definition) is 5. The van der Waals surface area contributed by atoms with E-state index in [0.29, 0.717) is 27.7 Å². The molecule has 3 rings (SSSR count). The summed E-state index contributed by atoms with van der Waals surface area (Å²) in [5, 5.41) is 9.65. The lowest BCUT2D eigenvalue weighted by Gasteiger charge is -2.10. The molecule has 0 aliphatic heterocycles. The Labute approximate surface area is 202 Å². The Balaban J connectivity index is 1.45. The van der Waals surface area contributed by atoms with Gasteiger partial charge < -0.3 is 15.4 Å². The van der Waals surface area contributed by atoms with E-state index >= 15 is 0 Å². The first-order chi connectivity index (χ1) is 16.3. The number of amides is 3. The molecule has 0 unspecified atom stereocenters. The maximum Gasteiger partial charge on any atom is 0.329 e. The summed E-state index contributed by atoms with van der Waals surface area (Å²) in [6, 6.07) is 19.1. The van der Waals surface area contributed by atoms with Crippen molar-refractivity contribution in [3.8, 4) is 5.75 Å². The minimum atomic E-state index is -0.889. The number of halogens is 1. The molecule has 0 saturated carbocycles. The highest BCUT2D eigenvalue weighted by Gasteiger charge is 2.13. The molecule has 0 heterocycles. The number of aryl methyl sites for hydroxylation is 1. The van der Waals surface area contributed by atoms with Crippen LogP contribution in [0.5, 0.6) is 5.75 Å². The predicted molar refractivity (Wildman–Crippen MR) is 132 cm³/mol. The number of ether oxygens (including phenoxy) is 1. The smallest absolute Gasteiger partial charge is 0.329 e. The molecule has 0 aliphatic carbocycles. The summed E-state index contributed by atoms with van der Waals surface area (Å²) in [4.78, 5) is 36.0. The number of carbonyl (C=O) groups is 3. The van der Waals surface area contributed by atoms with Gasteiger partial charge in [0, 0.05) is 16.4 Å². The van der Waals surface area contributed by atoms with Crippen LogP contribution in [-0.4, -0.2) is 30.5 Å². The van der Waals surface area contributed by atoms with Crippen LogP contribution in [0.3, 0.4) is 0 Å². The van der Waals surface area contributed by atoms with Crippen molar-refractivity contribution in [2.45, 2.75) is 13.8 Å². The van der Waals surface area contributed by atoms with Gasteiger partial charge in [-0.05, 0) is 73.0 Å². The van der Waals surface area contributed by atoms with Crippen molar-refractivity contribution in [3.63, 3.8) is 0 Å². The summed E-state index contributed by atoms with van der Waals surface area (Å²) in [7, 11) is 0. The molecule has 0 radical (unpaired) electrons. The van der Waals surface area contributed by atoms with Gasteiger partial charge in [0.15, 0.2) is 6.61 Å². The van der Waals surface area contributed by atoms with E-state index in [1.165, 1.54) is 6.21 Å². The first-order valence-electron chi connectivity index (χ1n) is 10.3. The molecule has 0 aliphatic rings. The number of rotatable bonds is 7. The van der Waals surface area contributed by atoms with Gasteiger partial charge in [-0.25, -0.2) is 5.43 Å². The maximum absolute atomic E-state index is 12.1. The highest BCUT2D eigenvalue weighted by Crippen LogP contribution is 2.23. The van der Waals surface area contributed by atoms with E-state index in [2.05, 4.69) is 21.2 Å². The van der Waals surface area contributed by atoms with Crippen molar-refractivity contribution >= 4 is 46.9 Å². The number of nitrogens with one attached hydrogen (secondary N) is 3. The van der Waals surface area contributed by atoms with Gasteiger partial charge in [-0.15, -0.1) is 0 Å². The molecule has 3 N–H and O–H groups in total. The Hall–Kier alpha value is -4.17. The molecule has 8 nitrogen and oxygen atoms in total. The molecule has 3 aromatic rings. The van der Waals surface area contributed by atoms with Crippen LogP contribution in [0, 0.1) is 13.8 Å². The third-order valence-electron chi connectivity index (χ3n) is 4.77. The Kier molecular flexibility index (Phi) is 8.37. The second kappa shape index (κ2) is 11.6. The first kappa shape index (κ1) is 24.5. The molecule has 34 heavy (non-hydrogen) atoms. The standard InChI is InChI=1S/C25H23ClN4O4/c1-16-6-3-4-8-21(16)29-24(32)25(33)30-27-14-18-10-12-19(13-11-18)34-15-23(31)28-22-9-5-7-20(26)17(22)2/h3-14H,15H2,1-2H3,(H,28,31)(H,29,32)(H,30,33)/b27-14-. The molecule has 0 spiro atoms. The number of para-hydroxylation sites is 1. The summed E-state index contributed by atoms with van der Waals surface area (Å²) >= 11 is 6.06. The SMILES string of the molecule is Cc1ccccc1NC(=O)C(=O)N/N=C\c1ccc(OCC(=O)Nc2cccc(Cl)c2C)cc1. The quantitative estimate of drug-likeness (QED) is 0.270. The van der Waals surface area contributed by atoms with Gasteiger partial charge in [-0.1, -0.05) is 35.9 Å². The van der Waals surface area contributed by atoms with Crippen LogP contribution < -0.4 is 20.8 Å². The van der Waals surface area contributed by atoms with Crippen molar-refractivity contribution in [3.05, 3.63) is 88.4 Å². The fourth-order valence-electron chi connectivity index (χ4n) is 2.84. The molecular weight excluding hydrogens is 456 g/mol. The molecule has 0 fully saturated rings. The second-order valence-corrected chi connectivity index (χ2v) is 7.69. The largest absolute Gasteiger partial charge is 0.484 e. The van der Waals surface area contributed by atoms with E-state index in [1.807, 2.05) is 26.0 Å². The van der Waals surface area contributed by atoms with Gasteiger partial charge in [0.25, 0.3) is 5.91 Å². The molecule has 9 heteroatoms. The lowest BCUT2D eigenvalue weighted by molar-refractivity contribution is -0.136. The topological polar surface area (TPSA) is 109 Å². The van der Waals surface area contributed by atoms with Gasteiger partial charge in [-0.3, -0.25) is 14.4 Å². The van der Waals surface area contributed by atoms with Crippen molar-refractivity contribution in [2.75, 3.05) is 17.2 Å². The molecular formula is C25H23ClN4O4. The van der Waals surface area contributed by atoms with E-state index in [0.717, 1.165) is 11.1 Å². The van der Waals surface area contributed by atoms with Crippen LogP contribution in [0.4, 0.5) is 11.4 Å².